The number of sulfonamides is 1. The van der Waals surface area contributed by atoms with Crippen molar-refractivity contribution < 1.29 is 12.8 Å². The molecule has 6 heteroatoms. The largest absolute Gasteiger partial charge is 0.215 e. The van der Waals surface area contributed by atoms with Crippen LogP contribution in [0.3, 0.4) is 0 Å². The highest BCUT2D eigenvalue weighted by molar-refractivity contribution is 7.88. The molecule has 0 amide bonds. The molecule has 0 bridgehead atoms. The molecule has 0 atom stereocenters. The molecule has 0 spiro atoms. The molecular weight excluding hydrogens is 325 g/mol. The van der Waals surface area contributed by atoms with E-state index in [0.717, 1.165) is 12.0 Å². The van der Waals surface area contributed by atoms with Crippen molar-refractivity contribution in [3.8, 4) is 0 Å². The lowest BCUT2D eigenvalue weighted by Crippen LogP contribution is -2.27. The molecule has 0 heterocycles. The lowest BCUT2D eigenvalue weighted by atomic mass is 10.1. The number of aryl methyl sites for hydroxylation is 1. The van der Waals surface area contributed by atoms with E-state index < -0.39 is 21.6 Å². The molecule has 1 N–H and O–H groups in total. The van der Waals surface area contributed by atoms with Crippen LogP contribution in [0, 0.1) is 5.82 Å². The van der Waals surface area contributed by atoms with Gasteiger partial charge in [-0.3, -0.25) is 0 Å². The minimum atomic E-state index is -3.61. The van der Waals surface area contributed by atoms with Gasteiger partial charge in [0.25, 0.3) is 0 Å². The Hall–Kier alpha value is -1.43. The van der Waals surface area contributed by atoms with E-state index in [9.17, 15) is 12.8 Å². The van der Waals surface area contributed by atoms with Crippen molar-refractivity contribution in [3.05, 3.63) is 70.5 Å². The first-order chi connectivity index (χ1) is 10.5. The number of benzene rings is 2. The fourth-order valence-corrected chi connectivity index (χ4v) is 3.62. The maximum Gasteiger partial charge on any atom is 0.215 e. The average molecular weight is 342 g/mol. The summed E-state index contributed by atoms with van der Waals surface area (Å²) in [5.41, 5.74) is 1.15. The molecule has 0 saturated carbocycles. The molecule has 0 unspecified atom stereocenters. The quantitative estimate of drug-likeness (QED) is 0.783. The summed E-state index contributed by atoms with van der Waals surface area (Å²) in [6.07, 6.45) is 1.46. The summed E-state index contributed by atoms with van der Waals surface area (Å²) < 4.78 is 40.1. The van der Waals surface area contributed by atoms with Gasteiger partial charge in [-0.1, -0.05) is 48.0 Å². The predicted molar refractivity (Wildman–Crippen MR) is 86.8 cm³/mol. The van der Waals surface area contributed by atoms with Crippen LogP contribution in [0.25, 0.3) is 0 Å². The number of hydrogen-bond acceptors (Lipinski definition) is 2. The maximum atomic E-state index is 13.6. The van der Waals surface area contributed by atoms with Crippen molar-refractivity contribution in [1.82, 2.24) is 4.72 Å². The van der Waals surface area contributed by atoms with E-state index in [0.29, 0.717) is 13.0 Å². The molecule has 118 valence electrons. The summed E-state index contributed by atoms with van der Waals surface area (Å²) in [5, 5.41) is 0.120. The van der Waals surface area contributed by atoms with Crippen LogP contribution >= 0.6 is 11.6 Å². The zero-order valence-corrected chi connectivity index (χ0v) is 13.5. The summed E-state index contributed by atoms with van der Waals surface area (Å²) in [6, 6.07) is 13.9. The van der Waals surface area contributed by atoms with Crippen molar-refractivity contribution >= 4 is 21.6 Å². The van der Waals surface area contributed by atoms with Crippen LogP contribution in [0.1, 0.15) is 17.5 Å². The minimum Gasteiger partial charge on any atom is -0.215 e. The fraction of sp³-hybridized carbons (Fsp3) is 0.250. The Morgan fingerprint density at radius 2 is 1.77 bits per heavy atom. The standard InChI is InChI=1S/C16H17ClFNO2S/c17-15-9-4-10-16(18)14(15)12-22(20,21)19-11-5-8-13-6-2-1-3-7-13/h1-4,6-7,9-10,19H,5,8,11-12H2. The SMILES string of the molecule is O=S(=O)(Cc1c(F)cccc1Cl)NCCCc1ccccc1. The van der Waals surface area contributed by atoms with Gasteiger partial charge < -0.3 is 0 Å². The van der Waals surface area contributed by atoms with Gasteiger partial charge in [-0.25, -0.2) is 17.5 Å². The molecule has 3 nitrogen and oxygen atoms in total. The van der Waals surface area contributed by atoms with Crippen LogP contribution in [0.15, 0.2) is 48.5 Å². The molecule has 0 saturated heterocycles. The van der Waals surface area contributed by atoms with Crippen LogP contribution < -0.4 is 4.72 Å². The van der Waals surface area contributed by atoms with Gasteiger partial charge >= 0.3 is 0 Å². The summed E-state index contributed by atoms with van der Waals surface area (Å²) in [6.45, 7) is 0.309. The highest BCUT2D eigenvalue weighted by atomic mass is 35.5. The van der Waals surface area contributed by atoms with Crippen molar-refractivity contribution in [1.29, 1.82) is 0 Å². The maximum absolute atomic E-state index is 13.6. The first-order valence-corrected chi connectivity index (χ1v) is 8.95. The number of nitrogens with one attached hydrogen (secondary N) is 1. The second-order valence-electron chi connectivity index (χ2n) is 4.94. The van der Waals surface area contributed by atoms with E-state index in [2.05, 4.69) is 4.72 Å². The summed E-state index contributed by atoms with van der Waals surface area (Å²) in [4.78, 5) is 0. The number of hydrogen-bond donors (Lipinski definition) is 1. The third kappa shape index (κ3) is 5.09. The van der Waals surface area contributed by atoms with Crippen molar-refractivity contribution in [2.24, 2.45) is 0 Å². The molecule has 0 aromatic heterocycles. The van der Waals surface area contributed by atoms with Crippen molar-refractivity contribution in [2.45, 2.75) is 18.6 Å². The van der Waals surface area contributed by atoms with Gasteiger partial charge in [-0.2, -0.15) is 0 Å². The van der Waals surface area contributed by atoms with Gasteiger partial charge in [0.2, 0.25) is 10.0 Å². The summed E-state index contributed by atoms with van der Waals surface area (Å²) >= 11 is 5.84. The van der Waals surface area contributed by atoms with Gasteiger partial charge in [0.15, 0.2) is 0 Å². The van der Waals surface area contributed by atoms with Crippen LogP contribution in [0.5, 0.6) is 0 Å². The van der Waals surface area contributed by atoms with Crippen LogP contribution in [-0.2, 0) is 22.2 Å². The molecular formula is C16H17ClFNO2S. The Bertz CT molecular complexity index is 700. The first-order valence-electron chi connectivity index (χ1n) is 6.92. The van der Waals surface area contributed by atoms with Crippen LogP contribution in [-0.4, -0.2) is 15.0 Å². The Labute approximate surface area is 135 Å². The highest BCUT2D eigenvalue weighted by Crippen LogP contribution is 2.20. The van der Waals surface area contributed by atoms with Gasteiger partial charge in [0.1, 0.15) is 5.82 Å². The Morgan fingerprint density at radius 3 is 2.45 bits per heavy atom. The van der Waals surface area contributed by atoms with E-state index >= 15 is 0 Å². The lowest BCUT2D eigenvalue weighted by Gasteiger charge is -2.09. The van der Waals surface area contributed by atoms with Gasteiger partial charge in [0.05, 0.1) is 5.75 Å². The van der Waals surface area contributed by atoms with Crippen molar-refractivity contribution in [3.63, 3.8) is 0 Å². The number of halogens is 2. The normalized spacial score (nSPS) is 11.5. The predicted octanol–water partition coefficient (Wildman–Crippen LogP) is 3.53. The Kier molecular flexibility index (Phi) is 5.94. The van der Waals surface area contributed by atoms with E-state index in [1.165, 1.54) is 18.2 Å². The van der Waals surface area contributed by atoms with Crippen molar-refractivity contribution in [2.75, 3.05) is 6.54 Å². The van der Waals surface area contributed by atoms with E-state index in [1.54, 1.807) is 0 Å². The monoisotopic (exact) mass is 341 g/mol. The van der Waals surface area contributed by atoms with Crippen LogP contribution in [0.2, 0.25) is 5.02 Å². The average Bonchev–Trinajstić information content (AvgIpc) is 2.49. The minimum absolute atomic E-state index is 0.000254. The van der Waals surface area contributed by atoms with Gasteiger partial charge in [-0.15, -0.1) is 0 Å². The highest BCUT2D eigenvalue weighted by Gasteiger charge is 2.16. The van der Waals surface area contributed by atoms with Gasteiger partial charge in [0, 0.05) is 17.1 Å². The first kappa shape index (κ1) is 16.9. The molecule has 0 aliphatic rings. The van der Waals surface area contributed by atoms with E-state index in [-0.39, 0.29) is 10.6 Å². The molecule has 0 aliphatic carbocycles. The lowest BCUT2D eigenvalue weighted by molar-refractivity contribution is 0.572. The third-order valence-corrected chi connectivity index (χ3v) is 4.87. The summed E-state index contributed by atoms with van der Waals surface area (Å²) in [5.74, 6) is -1.06. The number of rotatable bonds is 7. The second-order valence-corrected chi connectivity index (χ2v) is 7.16. The Morgan fingerprint density at radius 1 is 1.05 bits per heavy atom. The topological polar surface area (TPSA) is 46.2 Å². The molecule has 2 rings (SSSR count). The zero-order valence-electron chi connectivity index (χ0n) is 11.9. The van der Waals surface area contributed by atoms with E-state index in [4.69, 9.17) is 11.6 Å². The summed E-state index contributed by atoms with van der Waals surface area (Å²) in [7, 11) is -3.61. The zero-order chi connectivity index (χ0) is 16.0. The molecule has 2 aromatic rings. The van der Waals surface area contributed by atoms with Crippen LogP contribution in [0.4, 0.5) is 4.39 Å². The van der Waals surface area contributed by atoms with E-state index in [1.807, 2.05) is 30.3 Å². The van der Waals surface area contributed by atoms with Gasteiger partial charge in [-0.05, 0) is 30.5 Å². The molecule has 0 radical (unpaired) electrons. The molecule has 0 aliphatic heterocycles. The fourth-order valence-electron chi connectivity index (χ4n) is 2.08. The smallest absolute Gasteiger partial charge is 0.215 e. The molecule has 2 aromatic carbocycles. The molecule has 22 heavy (non-hydrogen) atoms. The molecule has 0 fully saturated rings. The second kappa shape index (κ2) is 7.72. The third-order valence-electron chi connectivity index (χ3n) is 3.20. The Balaban J connectivity index is 1.86.